The van der Waals surface area contributed by atoms with Crippen molar-refractivity contribution >= 4 is 33.3 Å². The van der Waals surface area contributed by atoms with Gasteiger partial charge in [0.1, 0.15) is 0 Å². The van der Waals surface area contributed by atoms with E-state index in [1.165, 1.54) is 47.6 Å². The van der Waals surface area contributed by atoms with Gasteiger partial charge in [0.15, 0.2) is 4.34 Å². The van der Waals surface area contributed by atoms with Gasteiger partial charge in [0.05, 0.1) is 10.2 Å². The molecule has 1 N–H and O–H groups in total. The smallest absolute Gasteiger partial charge is 0.151 e. The Morgan fingerprint density at radius 2 is 1.95 bits per heavy atom. The number of rotatable bonds is 3. The third kappa shape index (κ3) is 3.35. The second kappa shape index (κ2) is 6.92. The van der Waals surface area contributed by atoms with E-state index in [4.69, 9.17) is 4.98 Å². The van der Waals surface area contributed by atoms with Gasteiger partial charge in [-0.25, -0.2) is 4.98 Å². The molecule has 1 aliphatic rings. The summed E-state index contributed by atoms with van der Waals surface area (Å²) >= 11 is 3.83. The normalized spacial score (nSPS) is 24.4. The Morgan fingerprint density at radius 1 is 1.15 bits per heavy atom. The fourth-order valence-electron chi connectivity index (χ4n) is 2.95. The summed E-state index contributed by atoms with van der Waals surface area (Å²) in [5.74, 6) is 0. The van der Waals surface area contributed by atoms with Crippen LogP contribution in [0.2, 0.25) is 0 Å². The minimum atomic E-state index is 0.632. The summed E-state index contributed by atoms with van der Waals surface area (Å²) in [5.41, 5.74) is 1.15. The first-order valence-electron chi connectivity index (χ1n) is 7.56. The highest BCUT2D eigenvalue weighted by Gasteiger charge is 2.23. The number of benzene rings is 1. The molecule has 2 unspecified atom stereocenters. The molecular weight excluding hydrogens is 284 g/mol. The number of fused-ring (bicyclic) bond motifs is 1. The highest BCUT2D eigenvalue weighted by atomic mass is 32.2. The summed E-state index contributed by atoms with van der Waals surface area (Å²) in [7, 11) is 2.11. The molecule has 2 nitrogen and oxygen atoms in total. The van der Waals surface area contributed by atoms with Crippen molar-refractivity contribution in [3.05, 3.63) is 24.3 Å². The molecule has 2 atom stereocenters. The zero-order valence-corrected chi connectivity index (χ0v) is 13.6. The van der Waals surface area contributed by atoms with Crippen LogP contribution in [0.15, 0.2) is 28.6 Å². The summed E-state index contributed by atoms with van der Waals surface area (Å²) in [6, 6.07) is 9.09. The molecule has 1 aromatic carbocycles. The molecule has 0 saturated heterocycles. The summed E-state index contributed by atoms with van der Waals surface area (Å²) in [6.07, 6.45) is 8.14. The number of thioether (sulfide) groups is 1. The highest BCUT2D eigenvalue weighted by Crippen LogP contribution is 2.36. The summed E-state index contributed by atoms with van der Waals surface area (Å²) < 4.78 is 2.54. The van der Waals surface area contributed by atoms with Crippen LogP contribution in [0.4, 0.5) is 0 Å². The van der Waals surface area contributed by atoms with E-state index in [0.29, 0.717) is 11.3 Å². The zero-order valence-electron chi connectivity index (χ0n) is 12.0. The molecule has 1 saturated carbocycles. The second-order valence-corrected chi connectivity index (χ2v) is 8.01. The zero-order chi connectivity index (χ0) is 13.8. The van der Waals surface area contributed by atoms with E-state index in [0.717, 1.165) is 5.52 Å². The van der Waals surface area contributed by atoms with Gasteiger partial charge in [-0.2, -0.15) is 0 Å². The number of nitrogens with one attached hydrogen (secondary N) is 1. The van der Waals surface area contributed by atoms with E-state index in [1.807, 2.05) is 23.1 Å². The Morgan fingerprint density at radius 3 is 2.75 bits per heavy atom. The van der Waals surface area contributed by atoms with Crippen molar-refractivity contribution < 1.29 is 0 Å². The maximum absolute atomic E-state index is 4.78. The second-order valence-electron chi connectivity index (χ2n) is 5.49. The Balaban J connectivity index is 1.76. The number of hydrogen-bond acceptors (Lipinski definition) is 4. The summed E-state index contributed by atoms with van der Waals surface area (Å²) in [5, 5.41) is 4.20. The summed E-state index contributed by atoms with van der Waals surface area (Å²) in [4.78, 5) is 4.78. The third-order valence-electron chi connectivity index (χ3n) is 4.10. The van der Waals surface area contributed by atoms with Crippen LogP contribution in [0.25, 0.3) is 10.2 Å². The van der Waals surface area contributed by atoms with Gasteiger partial charge in [-0.15, -0.1) is 11.3 Å². The molecule has 1 aromatic heterocycles. The number of para-hydroxylation sites is 1. The Bertz CT molecular complexity index is 519. The van der Waals surface area contributed by atoms with Crippen molar-refractivity contribution in [1.29, 1.82) is 0 Å². The first-order valence-corrected chi connectivity index (χ1v) is 9.26. The molecule has 1 heterocycles. The molecule has 1 fully saturated rings. The Kier molecular flexibility index (Phi) is 4.97. The monoisotopic (exact) mass is 306 g/mol. The average Bonchev–Trinajstić information content (AvgIpc) is 2.84. The van der Waals surface area contributed by atoms with Gasteiger partial charge in [0.2, 0.25) is 0 Å². The van der Waals surface area contributed by atoms with Gasteiger partial charge in [-0.1, -0.05) is 49.6 Å². The van der Waals surface area contributed by atoms with Crippen LogP contribution < -0.4 is 5.32 Å². The number of thiazole rings is 1. The molecule has 0 amide bonds. The first kappa shape index (κ1) is 14.4. The predicted molar refractivity (Wildman–Crippen MR) is 89.8 cm³/mol. The van der Waals surface area contributed by atoms with Crippen LogP contribution in [0, 0.1) is 0 Å². The van der Waals surface area contributed by atoms with Crippen molar-refractivity contribution in [2.24, 2.45) is 0 Å². The van der Waals surface area contributed by atoms with Gasteiger partial charge in [-0.3, -0.25) is 0 Å². The molecule has 3 rings (SSSR count). The molecule has 0 spiro atoms. The van der Waals surface area contributed by atoms with Crippen LogP contribution in [0.3, 0.4) is 0 Å². The third-order valence-corrected chi connectivity index (χ3v) is 6.63. The standard InChI is InChI=1S/C16H22N2S2/c1-17-12-8-4-2-3-5-10-14(12)19-16-18-13-9-6-7-11-15(13)20-16/h6-7,9,11-12,14,17H,2-5,8,10H2,1H3. The Hall–Kier alpha value is -0.580. The lowest BCUT2D eigenvalue weighted by atomic mass is 9.96. The highest BCUT2D eigenvalue weighted by molar-refractivity contribution is 8.01. The van der Waals surface area contributed by atoms with Gasteiger partial charge in [0.25, 0.3) is 0 Å². The number of hydrogen-bond donors (Lipinski definition) is 1. The molecule has 4 heteroatoms. The fraction of sp³-hybridized carbons (Fsp3) is 0.562. The summed E-state index contributed by atoms with van der Waals surface area (Å²) in [6.45, 7) is 0. The molecule has 108 valence electrons. The van der Waals surface area contributed by atoms with Crippen molar-refractivity contribution in [2.75, 3.05) is 7.05 Å². The van der Waals surface area contributed by atoms with E-state index in [1.54, 1.807) is 0 Å². The van der Waals surface area contributed by atoms with Gasteiger partial charge < -0.3 is 5.32 Å². The molecule has 0 radical (unpaired) electrons. The van der Waals surface area contributed by atoms with Crippen LogP contribution in [-0.4, -0.2) is 23.3 Å². The van der Waals surface area contributed by atoms with E-state index in [-0.39, 0.29) is 0 Å². The first-order chi connectivity index (χ1) is 9.86. The van der Waals surface area contributed by atoms with Crippen LogP contribution in [-0.2, 0) is 0 Å². The number of aromatic nitrogens is 1. The van der Waals surface area contributed by atoms with E-state index < -0.39 is 0 Å². The van der Waals surface area contributed by atoms with Crippen LogP contribution in [0.5, 0.6) is 0 Å². The lowest BCUT2D eigenvalue weighted by Gasteiger charge is -2.27. The van der Waals surface area contributed by atoms with E-state index >= 15 is 0 Å². The molecule has 1 aliphatic carbocycles. The fourth-order valence-corrected chi connectivity index (χ4v) is 5.61. The van der Waals surface area contributed by atoms with Crippen molar-refractivity contribution in [1.82, 2.24) is 10.3 Å². The lowest BCUT2D eigenvalue weighted by Crippen LogP contribution is -2.36. The van der Waals surface area contributed by atoms with Gasteiger partial charge >= 0.3 is 0 Å². The van der Waals surface area contributed by atoms with Crippen molar-refractivity contribution in [3.63, 3.8) is 0 Å². The van der Waals surface area contributed by atoms with Gasteiger partial charge in [-0.05, 0) is 32.0 Å². The number of nitrogens with zero attached hydrogens (tertiary/aromatic N) is 1. The SMILES string of the molecule is CNC1CCCCCCC1Sc1nc2ccccc2s1. The minimum Gasteiger partial charge on any atom is -0.316 e. The van der Waals surface area contributed by atoms with Crippen LogP contribution in [0.1, 0.15) is 38.5 Å². The lowest BCUT2D eigenvalue weighted by molar-refractivity contribution is 0.420. The maximum atomic E-state index is 4.78. The Labute approximate surface area is 129 Å². The van der Waals surface area contributed by atoms with E-state index in [2.05, 4.69) is 36.6 Å². The minimum absolute atomic E-state index is 0.632. The quantitative estimate of drug-likeness (QED) is 0.889. The van der Waals surface area contributed by atoms with Crippen LogP contribution >= 0.6 is 23.1 Å². The molecule has 0 bridgehead atoms. The molecular formula is C16H22N2S2. The predicted octanol–water partition coefficient (Wildman–Crippen LogP) is 4.70. The maximum Gasteiger partial charge on any atom is 0.151 e. The van der Waals surface area contributed by atoms with Gasteiger partial charge in [0, 0.05) is 11.3 Å². The molecule has 0 aliphatic heterocycles. The topological polar surface area (TPSA) is 24.9 Å². The largest absolute Gasteiger partial charge is 0.316 e. The molecule has 2 aromatic rings. The van der Waals surface area contributed by atoms with Crippen molar-refractivity contribution in [2.45, 2.75) is 54.2 Å². The van der Waals surface area contributed by atoms with Crippen molar-refractivity contribution in [3.8, 4) is 0 Å². The average molecular weight is 307 g/mol. The molecule has 20 heavy (non-hydrogen) atoms. The van der Waals surface area contributed by atoms with E-state index in [9.17, 15) is 0 Å².